The molecule has 1 aromatic rings. The van der Waals surface area contributed by atoms with E-state index in [1.165, 1.54) is 4.90 Å². The first-order chi connectivity index (χ1) is 9.16. The number of ether oxygens (including phenoxy) is 1. The van der Waals surface area contributed by atoms with Gasteiger partial charge in [0.25, 0.3) is 0 Å². The number of amides is 1. The van der Waals surface area contributed by atoms with Crippen molar-refractivity contribution in [1.82, 2.24) is 4.90 Å². The summed E-state index contributed by atoms with van der Waals surface area (Å²) in [4.78, 5) is 13.3. The van der Waals surface area contributed by atoms with E-state index in [0.29, 0.717) is 19.4 Å². The summed E-state index contributed by atoms with van der Waals surface area (Å²) in [5.41, 5.74) is 0. The van der Waals surface area contributed by atoms with Crippen LogP contribution in [0.1, 0.15) is 12.8 Å². The Hall–Kier alpha value is -1.59. The van der Waals surface area contributed by atoms with Crippen molar-refractivity contribution in [3.8, 4) is 5.75 Å². The van der Waals surface area contributed by atoms with Gasteiger partial charge in [-0.25, -0.2) is 0 Å². The summed E-state index contributed by atoms with van der Waals surface area (Å²) in [7, 11) is 0. The van der Waals surface area contributed by atoms with Crippen molar-refractivity contribution in [3.05, 3.63) is 30.3 Å². The minimum atomic E-state index is -0.815. The SMILES string of the molecule is O=C(CCCOc1ccccc1)N1C[C@@H](O)[C@@H](O)C1. The highest BCUT2D eigenvalue weighted by Crippen LogP contribution is 2.13. The van der Waals surface area contributed by atoms with Gasteiger partial charge in [0.05, 0.1) is 18.8 Å². The van der Waals surface area contributed by atoms with Crippen LogP contribution in [0.2, 0.25) is 0 Å². The second-order valence-electron chi connectivity index (χ2n) is 4.70. The van der Waals surface area contributed by atoms with Gasteiger partial charge >= 0.3 is 0 Å². The lowest BCUT2D eigenvalue weighted by molar-refractivity contribution is -0.130. The first-order valence-corrected chi connectivity index (χ1v) is 6.48. The van der Waals surface area contributed by atoms with Gasteiger partial charge in [0, 0.05) is 19.5 Å². The number of rotatable bonds is 5. The molecule has 1 aliphatic rings. The third kappa shape index (κ3) is 3.94. The lowest BCUT2D eigenvalue weighted by atomic mass is 10.3. The largest absolute Gasteiger partial charge is 0.494 e. The van der Waals surface area contributed by atoms with Gasteiger partial charge < -0.3 is 19.8 Å². The van der Waals surface area contributed by atoms with Gasteiger partial charge in [0.15, 0.2) is 0 Å². The van der Waals surface area contributed by atoms with E-state index in [4.69, 9.17) is 4.74 Å². The van der Waals surface area contributed by atoms with Gasteiger partial charge in [-0.1, -0.05) is 18.2 Å². The van der Waals surface area contributed by atoms with E-state index in [1.807, 2.05) is 30.3 Å². The van der Waals surface area contributed by atoms with Crippen LogP contribution in [0.5, 0.6) is 5.75 Å². The van der Waals surface area contributed by atoms with Gasteiger partial charge in [-0.2, -0.15) is 0 Å². The van der Waals surface area contributed by atoms with E-state index in [9.17, 15) is 15.0 Å². The molecule has 0 bridgehead atoms. The molecule has 2 N–H and O–H groups in total. The van der Waals surface area contributed by atoms with Gasteiger partial charge in [0.2, 0.25) is 5.91 Å². The van der Waals surface area contributed by atoms with Crippen LogP contribution in [0.4, 0.5) is 0 Å². The van der Waals surface area contributed by atoms with E-state index in [-0.39, 0.29) is 19.0 Å². The average Bonchev–Trinajstić information content (AvgIpc) is 2.76. The van der Waals surface area contributed by atoms with Crippen LogP contribution >= 0.6 is 0 Å². The van der Waals surface area contributed by atoms with E-state index >= 15 is 0 Å². The van der Waals surface area contributed by atoms with Crippen molar-refractivity contribution in [1.29, 1.82) is 0 Å². The van der Waals surface area contributed by atoms with Crippen molar-refractivity contribution in [2.24, 2.45) is 0 Å². The topological polar surface area (TPSA) is 70.0 Å². The fourth-order valence-corrected chi connectivity index (χ4v) is 2.06. The third-order valence-corrected chi connectivity index (χ3v) is 3.16. The zero-order chi connectivity index (χ0) is 13.7. The molecule has 2 atom stereocenters. The lowest BCUT2D eigenvalue weighted by Crippen LogP contribution is -2.29. The second-order valence-corrected chi connectivity index (χ2v) is 4.70. The number of para-hydroxylation sites is 1. The minimum Gasteiger partial charge on any atom is -0.494 e. The quantitative estimate of drug-likeness (QED) is 0.757. The van der Waals surface area contributed by atoms with Crippen molar-refractivity contribution in [3.63, 3.8) is 0 Å². The molecule has 0 radical (unpaired) electrons. The third-order valence-electron chi connectivity index (χ3n) is 3.16. The Labute approximate surface area is 112 Å². The zero-order valence-electron chi connectivity index (χ0n) is 10.7. The number of likely N-dealkylation sites (tertiary alicyclic amines) is 1. The molecule has 5 heteroatoms. The monoisotopic (exact) mass is 265 g/mol. The summed E-state index contributed by atoms with van der Waals surface area (Å²) in [6, 6.07) is 9.45. The highest BCUT2D eigenvalue weighted by Gasteiger charge is 2.31. The number of carbonyl (C=O) groups is 1. The molecule has 0 saturated carbocycles. The normalized spacial score (nSPS) is 22.5. The fraction of sp³-hybridized carbons (Fsp3) is 0.500. The summed E-state index contributed by atoms with van der Waals surface area (Å²) in [6.45, 7) is 0.924. The highest BCUT2D eigenvalue weighted by atomic mass is 16.5. The minimum absolute atomic E-state index is 0.0488. The zero-order valence-corrected chi connectivity index (χ0v) is 10.7. The summed E-state index contributed by atoms with van der Waals surface area (Å²) in [5, 5.41) is 18.7. The molecule has 1 fully saturated rings. The van der Waals surface area contributed by atoms with Gasteiger partial charge in [0.1, 0.15) is 5.75 Å². The van der Waals surface area contributed by atoms with E-state index in [1.54, 1.807) is 0 Å². The average molecular weight is 265 g/mol. The molecule has 1 aromatic carbocycles. The van der Waals surface area contributed by atoms with E-state index in [2.05, 4.69) is 0 Å². The predicted molar refractivity (Wildman–Crippen MR) is 69.8 cm³/mol. The van der Waals surface area contributed by atoms with Crippen molar-refractivity contribution in [2.45, 2.75) is 25.0 Å². The molecule has 5 nitrogen and oxygen atoms in total. The standard InChI is InChI=1S/C14H19NO4/c16-12-9-15(10-13(12)17)14(18)7-4-8-19-11-5-2-1-3-6-11/h1-3,5-6,12-13,16-17H,4,7-10H2/t12-,13+. The molecule has 0 spiro atoms. The van der Waals surface area contributed by atoms with E-state index in [0.717, 1.165) is 5.75 Å². The number of aliphatic hydroxyl groups is 2. The number of β-amino-alcohol motifs (C(OH)–C–C–N with tert-alkyl or cyclic N) is 2. The maximum atomic E-state index is 11.8. The molecule has 0 aliphatic carbocycles. The Morgan fingerprint density at radius 3 is 2.47 bits per heavy atom. The molecule has 0 unspecified atom stereocenters. The number of nitrogens with zero attached hydrogens (tertiary/aromatic N) is 1. The first kappa shape index (κ1) is 13.8. The molecule has 1 saturated heterocycles. The van der Waals surface area contributed by atoms with Crippen LogP contribution in [0.3, 0.4) is 0 Å². The number of carbonyl (C=O) groups excluding carboxylic acids is 1. The number of benzene rings is 1. The fourth-order valence-electron chi connectivity index (χ4n) is 2.06. The van der Waals surface area contributed by atoms with Crippen LogP contribution in [0.15, 0.2) is 30.3 Å². The molecule has 2 rings (SSSR count). The van der Waals surface area contributed by atoms with Crippen LogP contribution in [0, 0.1) is 0 Å². The van der Waals surface area contributed by atoms with Crippen LogP contribution in [-0.2, 0) is 4.79 Å². The lowest BCUT2D eigenvalue weighted by Gasteiger charge is -2.15. The Balaban J connectivity index is 1.65. The Bertz CT molecular complexity index is 399. The Kier molecular flexibility index (Phi) is 4.76. The van der Waals surface area contributed by atoms with Gasteiger partial charge in [-0.3, -0.25) is 4.79 Å². The Morgan fingerprint density at radius 2 is 1.84 bits per heavy atom. The smallest absolute Gasteiger partial charge is 0.222 e. The predicted octanol–water partition coefficient (Wildman–Crippen LogP) is 0.410. The highest BCUT2D eigenvalue weighted by molar-refractivity contribution is 5.76. The molecule has 1 amide bonds. The maximum Gasteiger partial charge on any atom is 0.222 e. The van der Waals surface area contributed by atoms with E-state index < -0.39 is 12.2 Å². The van der Waals surface area contributed by atoms with Crippen LogP contribution in [0.25, 0.3) is 0 Å². The molecular weight excluding hydrogens is 246 g/mol. The van der Waals surface area contributed by atoms with Gasteiger partial charge in [-0.05, 0) is 18.6 Å². The van der Waals surface area contributed by atoms with Crippen LogP contribution in [-0.4, -0.2) is 52.9 Å². The first-order valence-electron chi connectivity index (χ1n) is 6.48. The van der Waals surface area contributed by atoms with Crippen LogP contribution < -0.4 is 4.74 Å². The molecule has 19 heavy (non-hydrogen) atoms. The summed E-state index contributed by atoms with van der Waals surface area (Å²) < 4.78 is 5.49. The second kappa shape index (κ2) is 6.54. The molecule has 0 aromatic heterocycles. The van der Waals surface area contributed by atoms with Crippen molar-refractivity contribution < 1.29 is 19.7 Å². The number of hydrogen-bond acceptors (Lipinski definition) is 4. The summed E-state index contributed by atoms with van der Waals surface area (Å²) >= 11 is 0. The van der Waals surface area contributed by atoms with Crippen molar-refractivity contribution in [2.75, 3.05) is 19.7 Å². The summed E-state index contributed by atoms with van der Waals surface area (Å²) in [6.07, 6.45) is -0.642. The molecule has 104 valence electrons. The number of hydrogen-bond donors (Lipinski definition) is 2. The maximum absolute atomic E-state index is 11.8. The Morgan fingerprint density at radius 1 is 1.21 bits per heavy atom. The molecular formula is C14H19NO4. The number of aliphatic hydroxyl groups excluding tert-OH is 2. The summed E-state index contributed by atoms with van der Waals surface area (Å²) in [5.74, 6) is 0.745. The van der Waals surface area contributed by atoms with Crippen molar-refractivity contribution >= 4 is 5.91 Å². The van der Waals surface area contributed by atoms with Gasteiger partial charge in [-0.15, -0.1) is 0 Å². The molecule has 1 heterocycles. The molecule has 1 aliphatic heterocycles.